The Hall–Kier alpha value is -1.75. The van der Waals surface area contributed by atoms with Crippen LogP contribution in [0.4, 0.5) is 4.79 Å². The molecule has 1 saturated heterocycles. The number of methoxy groups -OCH3 is 1. The Morgan fingerprint density at radius 3 is 2.63 bits per heavy atom. The normalized spacial score (nSPS) is 15.8. The van der Waals surface area contributed by atoms with Crippen molar-refractivity contribution in [2.24, 2.45) is 0 Å². The third kappa shape index (κ3) is 4.44. The maximum Gasteiger partial charge on any atom is 0.315 e. The second-order valence-electron chi connectivity index (χ2n) is 4.70. The van der Waals surface area contributed by atoms with Crippen LogP contribution in [0.15, 0.2) is 24.3 Å². The Bertz CT molecular complexity index is 400. The van der Waals surface area contributed by atoms with Crippen molar-refractivity contribution in [1.82, 2.24) is 16.0 Å². The van der Waals surface area contributed by atoms with Gasteiger partial charge in [0.05, 0.1) is 7.11 Å². The van der Waals surface area contributed by atoms with Crippen LogP contribution in [0.3, 0.4) is 0 Å². The first-order valence-corrected chi connectivity index (χ1v) is 6.66. The zero-order valence-corrected chi connectivity index (χ0v) is 11.2. The molecule has 3 N–H and O–H groups in total. The molecule has 0 spiro atoms. The fourth-order valence-electron chi connectivity index (χ4n) is 2.13. The quantitative estimate of drug-likeness (QED) is 0.766. The van der Waals surface area contributed by atoms with E-state index in [1.807, 2.05) is 24.3 Å². The molecular formula is C14H21N3O2. The van der Waals surface area contributed by atoms with Crippen LogP contribution in [-0.4, -0.2) is 32.3 Å². The van der Waals surface area contributed by atoms with Crippen LogP contribution in [0.1, 0.15) is 18.4 Å². The van der Waals surface area contributed by atoms with E-state index in [1.54, 1.807) is 7.11 Å². The first kappa shape index (κ1) is 13.7. The number of benzene rings is 1. The smallest absolute Gasteiger partial charge is 0.315 e. The third-order valence-electron chi connectivity index (χ3n) is 3.29. The van der Waals surface area contributed by atoms with Crippen LogP contribution in [0.25, 0.3) is 0 Å². The van der Waals surface area contributed by atoms with E-state index in [1.165, 1.54) is 0 Å². The number of amides is 2. The fraction of sp³-hybridized carbons (Fsp3) is 0.500. The van der Waals surface area contributed by atoms with Gasteiger partial charge < -0.3 is 20.7 Å². The van der Waals surface area contributed by atoms with E-state index in [9.17, 15) is 4.79 Å². The van der Waals surface area contributed by atoms with Crippen LogP contribution in [0.5, 0.6) is 5.75 Å². The van der Waals surface area contributed by atoms with Gasteiger partial charge >= 0.3 is 6.03 Å². The van der Waals surface area contributed by atoms with E-state index in [2.05, 4.69) is 16.0 Å². The molecule has 5 nitrogen and oxygen atoms in total. The topological polar surface area (TPSA) is 62.4 Å². The minimum Gasteiger partial charge on any atom is -0.497 e. The van der Waals surface area contributed by atoms with Crippen molar-refractivity contribution in [3.05, 3.63) is 29.8 Å². The maximum atomic E-state index is 11.7. The SMILES string of the molecule is COc1ccc(CNC(=O)NC2CCNCC2)cc1. The molecule has 0 atom stereocenters. The van der Waals surface area contributed by atoms with Gasteiger partial charge in [-0.05, 0) is 43.6 Å². The van der Waals surface area contributed by atoms with Crippen LogP contribution in [-0.2, 0) is 6.54 Å². The van der Waals surface area contributed by atoms with E-state index < -0.39 is 0 Å². The molecule has 0 aliphatic carbocycles. The number of carbonyl (C=O) groups excluding carboxylic acids is 1. The highest BCUT2D eigenvalue weighted by Crippen LogP contribution is 2.10. The van der Waals surface area contributed by atoms with Gasteiger partial charge in [0.1, 0.15) is 5.75 Å². The lowest BCUT2D eigenvalue weighted by molar-refractivity contribution is 0.233. The van der Waals surface area contributed by atoms with Crippen molar-refractivity contribution in [2.75, 3.05) is 20.2 Å². The summed E-state index contributed by atoms with van der Waals surface area (Å²) in [6, 6.07) is 7.87. The second-order valence-corrected chi connectivity index (χ2v) is 4.70. The number of nitrogens with one attached hydrogen (secondary N) is 3. The molecule has 1 aliphatic heterocycles. The van der Waals surface area contributed by atoms with Crippen molar-refractivity contribution in [3.8, 4) is 5.75 Å². The number of rotatable bonds is 4. The van der Waals surface area contributed by atoms with Gasteiger partial charge in [0.15, 0.2) is 0 Å². The molecule has 5 heteroatoms. The van der Waals surface area contributed by atoms with Gasteiger partial charge in [-0.3, -0.25) is 0 Å². The minimum absolute atomic E-state index is 0.0947. The summed E-state index contributed by atoms with van der Waals surface area (Å²) < 4.78 is 5.09. The molecule has 2 amide bonds. The third-order valence-corrected chi connectivity index (χ3v) is 3.29. The summed E-state index contributed by atoms with van der Waals surface area (Å²) in [6.45, 7) is 2.48. The zero-order valence-electron chi connectivity index (χ0n) is 11.2. The molecule has 1 heterocycles. The maximum absolute atomic E-state index is 11.7. The van der Waals surface area contributed by atoms with Crippen LogP contribution in [0, 0.1) is 0 Å². The van der Waals surface area contributed by atoms with Gasteiger partial charge in [0.25, 0.3) is 0 Å². The average molecular weight is 263 g/mol. The van der Waals surface area contributed by atoms with Crippen molar-refractivity contribution >= 4 is 6.03 Å². The summed E-state index contributed by atoms with van der Waals surface area (Å²) in [4.78, 5) is 11.7. The number of carbonyl (C=O) groups is 1. The molecule has 0 unspecified atom stereocenters. The van der Waals surface area contributed by atoms with Gasteiger partial charge in [0.2, 0.25) is 0 Å². The van der Waals surface area contributed by atoms with Gasteiger partial charge in [-0.25, -0.2) is 4.79 Å². The Morgan fingerprint density at radius 2 is 2.00 bits per heavy atom. The van der Waals surface area contributed by atoms with E-state index in [0.717, 1.165) is 37.2 Å². The molecular weight excluding hydrogens is 242 g/mol. The van der Waals surface area contributed by atoms with Crippen molar-refractivity contribution in [3.63, 3.8) is 0 Å². The van der Waals surface area contributed by atoms with Gasteiger partial charge in [0, 0.05) is 12.6 Å². The summed E-state index contributed by atoms with van der Waals surface area (Å²) in [5.41, 5.74) is 1.06. The molecule has 1 aliphatic rings. The summed E-state index contributed by atoms with van der Waals surface area (Å²) in [7, 11) is 1.64. The van der Waals surface area contributed by atoms with Crippen LogP contribution >= 0.6 is 0 Å². The molecule has 1 aromatic carbocycles. The molecule has 0 radical (unpaired) electrons. The number of hydrogen-bond acceptors (Lipinski definition) is 3. The van der Waals surface area contributed by atoms with E-state index >= 15 is 0 Å². The summed E-state index contributed by atoms with van der Waals surface area (Å²) >= 11 is 0. The lowest BCUT2D eigenvalue weighted by Gasteiger charge is -2.23. The molecule has 1 aromatic rings. The molecule has 19 heavy (non-hydrogen) atoms. The van der Waals surface area contributed by atoms with Crippen molar-refractivity contribution in [2.45, 2.75) is 25.4 Å². The Kier molecular flexibility index (Phi) is 5.03. The standard InChI is InChI=1S/C14H21N3O2/c1-19-13-4-2-11(3-5-13)10-16-14(18)17-12-6-8-15-9-7-12/h2-5,12,15H,6-10H2,1H3,(H2,16,17,18). The van der Waals surface area contributed by atoms with Crippen LogP contribution < -0.4 is 20.7 Å². The van der Waals surface area contributed by atoms with Crippen molar-refractivity contribution in [1.29, 1.82) is 0 Å². The first-order chi connectivity index (χ1) is 9.28. The predicted octanol–water partition coefficient (Wildman–Crippen LogP) is 1.25. The van der Waals surface area contributed by atoms with Crippen molar-refractivity contribution < 1.29 is 9.53 Å². The molecule has 0 bridgehead atoms. The highest BCUT2D eigenvalue weighted by molar-refractivity contribution is 5.74. The van der Waals surface area contributed by atoms with Gasteiger partial charge in [-0.2, -0.15) is 0 Å². The molecule has 0 saturated carbocycles. The molecule has 0 aromatic heterocycles. The van der Waals surface area contributed by atoms with Gasteiger partial charge in [-0.1, -0.05) is 12.1 Å². The first-order valence-electron chi connectivity index (χ1n) is 6.66. The number of hydrogen-bond donors (Lipinski definition) is 3. The Balaban J connectivity index is 1.72. The lowest BCUT2D eigenvalue weighted by Crippen LogP contribution is -2.46. The Labute approximate surface area is 113 Å². The molecule has 2 rings (SSSR count). The van der Waals surface area contributed by atoms with Crippen LogP contribution in [0.2, 0.25) is 0 Å². The largest absolute Gasteiger partial charge is 0.497 e. The number of urea groups is 1. The number of ether oxygens (including phenoxy) is 1. The van der Waals surface area contributed by atoms with E-state index in [4.69, 9.17) is 4.74 Å². The average Bonchev–Trinajstić information content (AvgIpc) is 2.47. The summed E-state index contributed by atoms with van der Waals surface area (Å²) in [5, 5.41) is 9.14. The van der Waals surface area contributed by atoms with E-state index in [-0.39, 0.29) is 12.1 Å². The lowest BCUT2D eigenvalue weighted by atomic mass is 10.1. The second kappa shape index (κ2) is 6.99. The summed E-state index contributed by atoms with van der Waals surface area (Å²) in [6.07, 6.45) is 1.99. The Morgan fingerprint density at radius 1 is 1.32 bits per heavy atom. The monoisotopic (exact) mass is 263 g/mol. The van der Waals surface area contributed by atoms with Gasteiger partial charge in [-0.15, -0.1) is 0 Å². The summed E-state index contributed by atoms with van der Waals surface area (Å²) in [5.74, 6) is 0.822. The van der Waals surface area contributed by atoms with E-state index in [0.29, 0.717) is 6.54 Å². The highest BCUT2D eigenvalue weighted by atomic mass is 16.5. The minimum atomic E-state index is -0.0947. The highest BCUT2D eigenvalue weighted by Gasteiger charge is 2.14. The predicted molar refractivity (Wildman–Crippen MR) is 74.3 cm³/mol. The molecule has 104 valence electrons. The number of piperidine rings is 1. The zero-order chi connectivity index (χ0) is 13.5. The molecule has 1 fully saturated rings. The fourth-order valence-corrected chi connectivity index (χ4v) is 2.13.